The predicted octanol–water partition coefficient (Wildman–Crippen LogP) is 6.44. The van der Waals surface area contributed by atoms with Crippen LogP contribution >= 0.6 is 50.7 Å². The van der Waals surface area contributed by atoms with E-state index in [-0.39, 0.29) is 0 Å². The molecule has 0 fully saturated rings. The van der Waals surface area contributed by atoms with Gasteiger partial charge in [0.25, 0.3) is 0 Å². The van der Waals surface area contributed by atoms with Gasteiger partial charge in [0, 0.05) is 20.4 Å². The van der Waals surface area contributed by atoms with Crippen LogP contribution in [0.3, 0.4) is 0 Å². The Balaban J connectivity index is 2.07. The van der Waals surface area contributed by atoms with Gasteiger partial charge in [-0.3, -0.25) is 0 Å². The topological polar surface area (TPSA) is 0 Å². The summed E-state index contributed by atoms with van der Waals surface area (Å²) in [5.74, 6) is 0.481. The van der Waals surface area contributed by atoms with Gasteiger partial charge in [-0.1, -0.05) is 68.9 Å². The average Bonchev–Trinajstić information content (AvgIpc) is 2.43. The van der Waals surface area contributed by atoms with E-state index in [0.29, 0.717) is 10.9 Å². The van der Waals surface area contributed by atoms with Gasteiger partial charge in [0.15, 0.2) is 0 Å². The SMILES string of the molecule is Clc1ccc(CC(CBr)Cc2ccc(Cl)cc2Cl)cc1. The minimum absolute atomic E-state index is 0.481. The van der Waals surface area contributed by atoms with Gasteiger partial charge in [-0.15, -0.1) is 0 Å². The predicted molar refractivity (Wildman–Crippen MR) is 92.6 cm³/mol. The van der Waals surface area contributed by atoms with E-state index in [2.05, 4.69) is 28.1 Å². The van der Waals surface area contributed by atoms with E-state index in [1.165, 1.54) is 5.56 Å². The summed E-state index contributed by atoms with van der Waals surface area (Å²) in [5, 5.41) is 3.10. The molecule has 2 aromatic carbocycles. The zero-order valence-corrected chi connectivity index (χ0v) is 14.6. The van der Waals surface area contributed by atoms with Gasteiger partial charge < -0.3 is 0 Å². The Bertz CT molecular complexity index is 566. The van der Waals surface area contributed by atoms with Gasteiger partial charge in [-0.25, -0.2) is 0 Å². The highest BCUT2D eigenvalue weighted by atomic mass is 79.9. The second-order valence-electron chi connectivity index (χ2n) is 4.79. The number of alkyl halides is 1. The van der Waals surface area contributed by atoms with Crippen LogP contribution in [-0.4, -0.2) is 5.33 Å². The first-order chi connectivity index (χ1) is 9.58. The third-order valence-corrected chi connectivity index (χ3v) is 4.93. The Morgan fingerprint density at radius 2 is 1.50 bits per heavy atom. The first-order valence-corrected chi connectivity index (χ1v) is 8.58. The molecule has 0 aliphatic heterocycles. The molecule has 1 unspecified atom stereocenters. The van der Waals surface area contributed by atoms with Crippen molar-refractivity contribution in [3.05, 3.63) is 68.7 Å². The van der Waals surface area contributed by atoms with Gasteiger partial charge in [0.1, 0.15) is 0 Å². The highest BCUT2D eigenvalue weighted by Crippen LogP contribution is 2.25. The maximum absolute atomic E-state index is 6.24. The van der Waals surface area contributed by atoms with Crippen LogP contribution in [0, 0.1) is 5.92 Å². The lowest BCUT2D eigenvalue weighted by atomic mass is 9.94. The summed E-state index contributed by atoms with van der Waals surface area (Å²) in [6.07, 6.45) is 1.91. The molecule has 0 saturated carbocycles. The molecular formula is C16H14BrCl3. The fourth-order valence-electron chi connectivity index (χ4n) is 2.13. The lowest BCUT2D eigenvalue weighted by Gasteiger charge is -2.15. The summed E-state index contributed by atoms with van der Waals surface area (Å²) in [4.78, 5) is 0. The van der Waals surface area contributed by atoms with Crippen molar-refractivity contribution in [2.45, 2.75) is 12.8 Å². The molecule has 0 bridgehead atoms. The molecule has 106 valence electrons. The Hall–Kier alpha value is -0.210. The van der Waals surface area contributed by atoms with Crippen molar-refractivity contribution >= 4 is 50.7 Å². The average molecular weight is 393 g/mol. The zero-order chi connectivity index (χ0) is 14.5. The molecule has 1 atom stereocenters. The summed E-state index contributed by atoms with van der Waals surface area (Å²) >= 11 is 21.7. The Morgan fingerprint density at radius 3 is 2.10 bits per heavy atom. The van der Waals surface area contributed by atoms with Gasteiger partial charge in [0.05, 0.1) is 0 Å². The van der Waals surface area contributed by atoms with Crippen LogP contribution < -0.4 is 0 Å². The maximum Gasteiger partial charge on any atom is 0.0452 e. The van der Waals surface area contributed by atoms with Crippen molar-refractivity contribution in [1.29, 1.82) is 0 Å². The fourth-order valence-corrected chi connectivity index (χ4v) is 3.20. The van der Waals surface area contributed by atoms with Crippen molar-refractivity contribution in [1.82, 2.24) is 0 Å². The number of hydrogen-bond acceptors (Lipinski definition) is 0. The highest BCUT2D eigenvalue weighted by Gasteiger charge is 2.12. The van der Waals surface area contributed by atoms with Crippen LogP contribution in [0.5, 0.6) is 0 Å². The third kappa shape index (κ3) is 4.66. The fraction of sp³-hybridized carbons (Fsp3) is 0.250. The largest absolute Gasteiger partial charge is 0.0925 e. The molecule has 0 nitrogen and oxygen atoms in total. The molecular weight excluding hydrogens is 378 g/mol. The van der Waals surface area contributed by atoms with Crippen LogP contribution in [0.4, 0.5) is 0 Å². The lowest BCUT2D eigenvalue weighted by molar-refractivity contribution is 0.591. The number of hydrogen-bond donors (Lipinski definition) is 0. The lowest BCUT2D eigenvalue weighted by Crippen LogP contribution is -2.10. The monoisotopic (exact) mass is 390 g/mol. The second-order valence-corrected chi connectivity index (χ2v) is 6.72. The summed E-state index contributed by atoms with van der Waals surface area (Å²) in [5.41, 5.74) is 2.42. The molecule has 2 aromatic rings. The van der Waals surface area contributed by atoms with Crippen molar-refractivity contribution in [3.63, 3.8) is 0 Å². The summed E-state index contributed by atoms with van der Waals surface area (Å²) in [7, 11) is 0. The molecule has 0 N–H and O–H groups in total. The smallest absolute Gasteiger partial charge is 0.0452 e. The summed E-state index contributed by atoms with van der Waals surface area (Å²) in [6.45, 7) is 0. The minimum atomic E-state index is 0.481. The molecule has 2 rings (SSSR count). The molecule has 0 spiro atoms. The van der Waals surface area contributed by atoms with Crippen LogP contribution in [0.15, 0.2) is 42.5 Å². The van der Waals surface area contributed by atoms with Gasteiger partial charge in [0.2, 0.25) is 0 Å². The molecule has 0 amide bonds. The maximum atomic E-state index is 6.24. The number of halogens is 4. The van der Waals surface area contributed by atoms with Crippen LogP contribution in [0.25, 0.3) is 0 Å². The van der Waals surface area contributed by atoms with E-state index in [1.807, 2.05) is 24.3 Å². The second kappa shape index (κ2) is 7.70. The van der Waals surface area contributed by atoms with E-state index in [4.69, 9.17) is 34.8 Å². The first kappa shape index (κ1) is 16.2. The quantitative estimate of drug-likeness (QED) is 0.513. The summed E-state index contributed by atoms with van der Waals surface area (Å²) in [6, 6.07) is 13.7. The van der Waals surface area contributed by atoms with Crippen LogP contribution in [0.2, 0.25) is 15.1 Å². The Kier molecular flexibility index (Phi) is 6.22. The molecule has 0 aliphatic rings. The molecule has 0 saturated heterocycles. The molecule has 20 heavy (non-hydrogen) atoms. The number of rotatable bonds is 5. The van der Waals surface area contributed by atoms with E-state index >= 15 is 0 Å². The Morgan fingerprint density at radius 1 is 0.850 bits per heavy atom. The van der Waals surface area contributed by atoms with Crippen LogP contribution in [-0.2, 0) is 12.8 Å². The standard InChI is InChI=1S/C16H14BrCl3/c17-10-12(7-11-1-4-14(18)5-2-11)8-13-3-6-15(19)9-16(13)20/h1-6,9,12H,7-8,10H2. The normalized spacial score (nSPS) is 12.4. The van der Waals surface area contributed by atoms with E-state index < -0.39 is 0 Å². The molecule has 0 radical (unpaired) electrons. The molecule has 0 heterocycles. The van der Waals surface area contributed by atoms with E-state index in [9.17, 15) is 0 Å². The van der Waals surface area contributed by atoms with Crippen molar-refractivity contribution in [2.24, 2.45) is 5.92 Å². The zero-order valence-electron chi connectivity index (χ0n) is 10.8. The first-order valence-electron chi connectivity index (χ1n) is 6.33. The van der Waals surface area contributed by atoms with E-state index in [1.54, 1.807) is 6.07 Å². The molecule has 4 heteroatoms. The Labute approximate surface area is 143 Å². The molecule has 0 aliphatic carbocycles. The highest BCUT2D eigenvalue weighted by molar-refractivity contribution is 9.09. The van der Waals surface area contributed by atoms with Gasteiger partial charge in [-0.2, -0.15) is 0 Å². The van der Waals surface area contributed by atoms with Crippen molar-refractivity contribution < 1.29 is 0 Å². The molecule has 0 aromatic heterocycles. The number of benzene rings is 2. The van der Waals surface area contributed by atoms with Gasteiger partial charge in [-0.05, 0) is 54.2 Å². The van der Waals surface area contributed by atoms with Crippen LogP contribution in [0.1, 0.15) is 11.1 Å². The van der Waals surface area contributed by atoms with Gasteiger partial charge >= 0.3 is 0 Å². The van der Waals surface area contributed by atoms with E-state index in [0.717, 1.165) is 33.8 Å². The minimum Gasteiger partial charge on any atom is -0.0925 e. The van der Waals surface area contributed by atoms with Crippen molar-refractivity contribution in [2.75, 3.05) is 5.33 Å². The third-order valence-electron chi connectivity index (χ3n) is 3.18. The van der Waals surface area contributed by atoms with Crippen molar-refractivity contribution in [3.8, 4) is 0 Å². The summed E-state index contributed by atoms with van der Waals surface area (Å²) < 4.78 is 0.